The van der Waals surface area contributed by atoms with Crippen molar-refractivity contribution in [2.45, 2.75) is 24.9 Å². The molecule has 0 radical (unpaired) electrons. The number of carbonyl (C=O) groups excluding carboxylic acids is 3. The maximum absolute atomic E-state index is 12.6. The van der Waals surface area contributed by atoms with Crippen LogP contribution >= 0.6 is 0 Å². The van der Waals surface area contributed by atoms with Gasteiger partial charge in [-0.2, -0.15) is 13.5 Å². The number of aromatic nitrogens is 1. The number of fused-ring (bicyclic) bond motifs is 2. The predicted molar refractivity (Wildman–Crippen MR) is 83.0 cm³/mol. The zero-order valence-electron chi connectivity index (χ0n) is 13.3. The van der Waals surface area contributed by atoms with Gasteiger partial charge < -0.3 is 4.90 Å². The van der Waals surface area contributed by atoms with E-state index in [1.54, 1.807) is 0 Å². The van der Waals surface area contributed by atoms with Crippen molar-refractivity contribution >= 4 is 28.2 Å². The van der Waals surface area contributed by atoms with Crippen LogP contribution in [0.5, 0.6) is 0 Å². The number of nitrogens with zero attached hydrogens (tertiary/aromatic N) is 4. The zero-order chi connectivity index (χ0) is 19.1. The van der Waals surface area contributed by atoms with E-state index in [-0.39, 0.29) is 24.9 Å². The molecule has 3 heterocycles. The summed E-state index contributed by atoms with van der Waals surface area (Å²) in [6, 6.07) is 0.165. The fourth-order valence-corrected chi connectivity index (χ4v) is 3.37. The summed E-state index contributed by atoms with van der Waals surface area (Å²) in [7, 11) is -4.88. The van der Waals surface area contributed by atoms with Crippen molar-refractivity contribution in [1.29, 1.82) is 0 Å². The molecule has 4 amide bonds. The van der Waals surface area contributed by atoms with E-state index >= 15 is 0 Å². The molecule has 12 nitrogen and oxygen atoms in total. The Morgan fingerprint density at radius 3 is 2.58 bits per heavy atom. The molecular weight excluding hydrogens is 370 g/mol. The third kappa shape index (κ3) is 3.37. The maximum atomic E-state index is 12.6. The number of hydrogen-bond acceptors (Lipinski definition) is 8. The first-order valence-corrected chi connectivity index (χ1v) is 8.85. The first-order chi connectivity index (χ1) is 12.2. The van der Waals surface area contributed by atoms with Gasteiger partial charge in [0, 0.05) is 24.5 Å². The van der Waals surface area contributed by atoms with Crippen LogP contribution in [0.1, 0.15) is 23.2 Å². The van der Waals surface area contributed by atoms with Crippen molar-refractivity contribution in [3.63, 3.8) is 0 Å². The summed E-state index contributed by atoms with van der Waals surface area (Å²) in [6.45, 7) is 0.00203. The minimum Gasteiger partial charge on any atom is -0.309 e. The number of hydrazine groups is 1. The molecule has 3 rings (SSSR count). The van der Waals surface area contributed by atoms with Gasteiger partial charge in [0.15, 0.2) is 0 Å². The maximum Gasteiger partial charge on any atom is 0.418 e. The number of pyridine rings is 1. The lowest BCUT2D eigenvalue weighted by Gasteiger charge is -2.31. The molecule has 2 atom stereocenters. The average molecular weight is 385 g/mol. The number of urea groups is 1. The average Bonchev–Trinajstić information content (AvgIpc) is 2.84. The van der Waals surface area contributed by atoms with Gasteiger partial charge in [0.25, 0.3) is 11.8 Å². The topological polar surface area (TPSA) is 163 Å². The molecule has 2 bridgehead atoms. The molecule has 2 aliphatic heterocycles. The minimum absolute atomic E-state index is 0.00203. The third-order valence-corrected chi connectivity index (χ3v) is 4.51. The van der Waals surface area contributed by atoms with Crippen LogP contribution in [0.15, 0.2) is 24.5 Å². The van der Waals surface area contributed by atoms with Crippen molar-refractivity contribution < 1.29 is 31.6 Å². The second-order valence-electron chi connectivity index (χ2n) is 5.76. The second-order valence-corrected chi connectivity index (χ2v) is 6.76. The highest BCUT2D eigenvalue weighted by Gasteiger charge is 2.50. The lowest BCUT2D eigenvalue weighted by molar-refractivity contribution is -0.134. The molecule has 0 aromatic carbocycles. The summed E-state index contributed by atoms with van der Waals surface area (Å²) in [5.74, 6) is 4.05. The van der Waals surface area contributed by atoms with E-state index in [2.05, 4.69) is 9.27 Å². The van der Waals surface area contributed by atoms with Crippen LogP contribution in [0.25, 0.3) is 0 Å². The van der Waals surface area contributed by atoms with Gasteiger partial charge in [0.1, 0.15) is 6.04 Å². The van der Waals surface area contributed by atoms with Crippen LogP contribution in [-0.4, -0.2) is 69.4 Å². The van der Waals surface area contributed by atoms with E-state index in [0.717, 1.165) is 4.90 Å². The molecule has 0 aliphatic carbocycles. The fraction of sp³-hybridized carbons (Fsp3) is 0.385. The standard InChI is InChI=1S/C13H15N5O7S/c14-17(11(19)8-3-5-15-6-4-8)12(20)10-2-1-9-7-16(10)13(21)18(9)25-26(22,23)24/h3-6,9-10H,1-2,7,14H2,(H,22,23,24)/t9-,10+/m1/s1. The number of imide groups is 1. The van der Waals surface area contributed by atoms with Crippen LogP contribution in [0.2, 0.25) is 0 Å². The van der Waals surface area contributed by atoms with Crippen molar-refractivity contribution in [2.24, 2.45) is 5.84 Å². The molecular formula is C13H15N5O7S. The van der Waals surface area contributed by atoms with Gasteiger partial charge in [-0.3, -0.25) is 19.1 Å². The smallest absolute Gasteiger partial charge is 0.309 e. The number of hydrogen-bond donors (Lipinski definition) is 2. The summed E-state index contributed by atoms with van der Waals surface area (Å²) in [6.07, 6.45) is 3.11. The Kier molecular flexibility index (Phi) is 4.62. The van der Waals surface area contributed by atoms with Crippen molar-refractivity contribution in [2.75, 3.05) is 6.54 Å². The van der Waals surface area contributed by atoms with Gasteiger partial charge in [-0.05, 0) is 25.0 Å². The third-order valence-electron chi connectivity index (χ3n) is 4.17. The summed E-state index contributed by atoms with van der Waals surface area (Å²) in [5, 5.41) is 0.925. The SMILES string of the molecule is NN(C(=O)c1ccncc1)C(=O)[C@@H]1CC[C@@H]2CN1C(=O)N2OS(=O)(=O)O. The molecule has 2 aliphatic rings. The zero-order valence-corrected chi connectivity index (χ0v) is 14.1. The first-order valence-electron chi connectivity index (χ1n) is 7.49. The summed E-state index contributed by atoms with van der Waals surface area (Å²) < 4.78 is 34.8. The number of amides is 4. The van der Waals surface area contributed by atoms with Crippen molar-refractivity contribution in [1.82, 2.24) is 20.0 Å². The predicted octanol–water partition coefficient (Wildman–Crippen LogP) is -1.07. The lowest BCUT2D eigenvalue weighted by Crippen LogP contribution is -2.55. The van der Waals surface area contributed by atoms with E-state index in [9.17, 15) is 22.8 Å². The molecule has 140 valence electrons. The highest BCUT2D eigenvalue weighted by molar-refractivity contribution is 7.80. The van der Waals surface area contributed by atoms with Crippen LogP contribution in [0.3, 0.4) is 0 Å². The van der Waals surface area contributed by atoms with Gasteiger partial charge in [-0.1, -0.05) is 0 Å². The monoisotopic (exact) mass is 385 g/mol. The largest absolute Gasteiger partial charge is 0.418 e. The van der Waals surface area contributed by atoms with Gasteiger partial charge in [0.2, 0.25) is 0 Å². The Morgan fingerprint density at radius 2 is 1.96 bits per heavy atom. The Bertz CT molecular complexity index is 846. The fourth-order valence-electron chi connectivity index (χ4n) is 2.98. The first kappa shape index (κ1) is 18.2. The molecule has 0 spiro atoms. The van der Waals surface area contributed by atoms with E-state index in [1.165, 1.54) is 24.5 Å². The summed E-state index contributed by atoms with van der Waals surface area (Å²) >= 11 is 0. The molecule has 3 N–H and O–H groups in total. The van der Waals surface area contributed by atoms with Crippen LogP contribution in [0, 0.1) is 0 Å². The molecule has 2 saturated heterocycles. The Balaban J connectivity index is 1.75. The summed E-state index contributed by atoms with van der Waals surface area (Å²) in [5.41, 5.74) is 0.147. The molecule has 1 aromatic rings. The number of hydroxylamine groups is 2. The van der Waals surface area contributed by atoms with E-state index < -0.39 is 40.3 Å². The molecule has 1 aromatic heterocycles. The lowest BCUT2D eigenvalue weighted by atomic mass is 10.00. The quantitative estimate of drug-likeness (QED) is 0.216. The molecule has 0 saturated carbocycles. The highest BCUT2D eigenvalue weighted by Crippen LogP contribution is 2.31. The van der Waals surface area contributed by atoms with Gasteiger partial charge in [0.05, 0.1) is 6.04 Å². The van der Waals surface area contributed by atoms with Gasteiger partial charge >= 0.3 is 16.4 Å². The molecule has 0 unspecified atom stereocenters. The summed E-state index contributed by atoms with van der Waals surface area (Å²) in [4.78, 5) is 42.0. The molecule has 13 heteroatoms. The molecule has 26 heavy (non-hydrogen) atoms. The molecule has 2 fully saturated rings. The Hall–Kier alpha value is -2.61. The Labute approximate surface area is 148 Å². The van der Waals surface area contributed by atoms with E-state index in [1.807, 2.05) is 0 Å². The minimum atomic E-state index is -4.88. The normalized spacial score (nSPS) is 22.5. The van der Waals surface area contributed by atoms with Gasteiger partial charge in [-0.15, -0.1) is 4.28 Å². The van der Waals surface area contributed by atoms with E-state index in [0.29, 0.717) is 10.1 Å². The van der Waals surface area contributed by atoms with Crippen LogP contribution < -0.4 is 5.84 Å². The van der Waals surface area contributed by atoms with Crippen molar-refractivity contribution in [3.05, 3.63) is 30.1 Å². The second kappa shape index (κ2) is 6.60. The van der Waals surface area contributed by atoms with E-state index in [4.69, 9.17) is 10.4 Å². The number of rotatable bonds is 4. The van der Waals surface area contributed by atoms with Crippen LogP contribution in [0.4, 0.5) is 4.79 Å². The highest BCUT2D eigenvalue weighted by atomic mass is 32.3. The number of carbonyl (C=O) groups is 3. The van der Waals surface area contributed by atoms with Crippen LogP contribution in [-0.2, 0) is 19.5 Å². The number of piperidine rings is 1. The van der Waals surface area contributed by atoms with Crippen molar-refractivity contribution in [3.8, 4) is 0 Å². The Morgan fingerprint density at radius 1 is 1.31 bits per heavy atom. The van der Waals surface area contributed by atoms with Gasteiger partial charge in [-0.25, -0.2) is 15.6 Å². The number of nitrogens with two attached hydrogens (primary N) is 1.